The van der Waals surface area contributed by atoms with Gasteiger partial charge in [0.25, 0.3) is 0 Å². The molecule has 1 heterocycles. The lowest BCUT2D eigenvalue weighted by molar-refractivity contribution is -0.120. The Kier molecular flexibility index (Phi) is 4.82. The van der Waals surface area contributed by atoms with Crippen LogP contribution in [0.2, 0.25) is 0 Å². The molecule has 88 valence electrons. The largest absolute Gasteiger partial charge is 0.355 e. The smallest absolute Gasteiger partial charge is 0.235 e. The van der Waals surface area contributed by atoms with Gasteiger partial charge in [-0.15, -0.1) is 11.6 Å². The summed E-state index contributed by atoms with van der Waals surface area (Å²) in [4.78, 5) is 11.2. The highest BCUT2D eigenvalue weighted by atomic mass is 35.5. The van der Waals surface area contributed by atoms with Crippen molar-refractivity contribution in [3.8, 4) is 0 Å². The van der Waals surface area contributed by atoms with Gasteiger partial charge in [0.1, 0.15) is 0 Å². The van der Waals surface area contributed by atoms with Crippen LogP contribution in [0.25, 0.3) is 0 Å². The van der Waals surface area contributed by atoms with Crippen molar-refractivity contribution in [1.82, 2.24) is 9.62 Å². The zero-order valence-electron chi connectivity index (χ0n) is 8.41. The van der Waals surface area contributed by atoms with Crippen molar-refractivity contribution >= 4 is 27.5 Å². The summed E-state index contributed by atoms with van der Waals surface area (Å²) >= 11 is 5.45. The first kappa shape index (κ1) is 12.7. The van der Waals surface area contributed by atoms with E-state index in [1.807, 2.05) is 0 Å². The summed E-state index contributed by atoms with van der Waals surface area (Å²) in [6.45, 7) is 0.883. The molecule has 1 saturated heterocycles. The van der Waals surface area contributed by atoms with Crippen LogP contribution in [-0.2, 0) is 14.8 Å². The van der Waals surface area contributed by atoms with Crippen molar-refractivity contribution in [2.75, 3.05) is 31.3 Å². The molecule has 0 radical (unpaired) electrons. The van der Waals surface area contributed by atoms with Crippen molar-refractivity contribution in [2.24, 2.45) is 0 Å². The molecule has 7 heteroatoms. The third kappa shape index (κ3) is 3.96. The molecule has 0 aromatic rings. The van der Waals surface area contributed by atoms with Crippen LogP contribution in [0, 0.1) is 0 Å². The fraction of sp³-hybridized carbons (Fsp3) is 0.875. The quantitative estimate of drug-likeness (QED) is 0.705. The van der Waals surface area contributed by atoms with E-state index < -0.39 is 10.0 Å². The molecule has 1 amide bonds. The first-order chi connectivity index (χ1) is 7.06. The summed E-state index contributed by atoms with van der Waals surface area (Å²) in [5, 5.41) is 2.63. The maximum atomic E-state index is 11.7. The van der Waals surface area contributed by atoms with E-state index in [-0.39, 0.29) is 18.2 Å². The fourth-order valence-electron chi connectivity index (χ4n) is 1.38. The molecule has 1 aliphatic heterocycles. The second-order valence-electron chi connectivity index (χ2n) is 3.40. The van der Waals surface area contributed by atoms with E-state index in [0.717, 1.165) is 0 Å². The Labute approximate surface area is 94.8 Å². The Hall–Kier alpha value is -0.330. The molecular formula is C8H15ClN2O3S. The Morgan fingerprint density at radius 2 is 2.20 bits per heavy atom. The van der Waals surface area contributed by atoms with Gasteiger partial charge in [0.15, 0.2) is 0 Å². The molecule has 1 aliphatic rings. The highest BCUT2D eigenvalue weighted by Crippen LogP contribution is 2.06. The van der Waals surface area contributed by atoms with Gasteiger partial charge in [0.2, 0.25) is 15.9 Å². The van der Waals surface area contributed by atoms with Gasteiger partial charge >= 0.3 is 0 Å². The van der Waals surface area contributed by atoms with E-state index in [1.54, 1.807) is 0 Å². The highest BCUT2D eigenvalue weighted by molar-refractivity contribution is 7.89. The molecule has 0 saturated carbocycles. The number of amides is 1. The molecule has 15 heavy (non-hydrogen) atoms. The first-order valence-corrected chi connectivity index (χ1v) is 7.01. The summed E-state index contributed by atoms with van der Waals surface area (Å²) in [5.74, 6) is 0.102. The molecule has 1 rings (SSSR count). The number of alkyl halides is 1. The number of carbonyl (C=O) groups excluding carboxylic acids is 1. The predicted molar refractivity (Wildman–Crippen MR) is 58.3 cm³/mol. The van der Waals surface area contributed by atoms with Crippen molar-refractivity contribution in [3.63, 3.8) is 0 Å². The van der Waals surface area contributed by atoms with Gasteiger partial charge in [-0.25, -0.2) is 8.42 Å². The van der Waals surface area contributed by atoms with Gasteiger partial charge in [-0.2, -0.15) is 4.31 Å². The van der Waals surface area contributed by atoms with E-state index in [1.165, 1.54) is 4.31 Å². The van der Waals surface area contributed by atoms with Gasteiger partial charge in [-0.1, -0.05) is 0 Å². The summed E-state index contributed by atoms with van der Waals surface area (Å²) in [7, 11) is -3.31. The van der Waals surface area contributed by atoms with Crippen LogP contribution < -0.4 is 5.32 Å². The van der Waals surface area contributed by atoms with Crippen molar-refractivity contribution in [2.45, 2.75) is 12.8 Å². The van der Waals surface area contributed by atoms with Crippen LogP contribution in [0.4, 0.5) is 0 Å². The number of nitrogens with one attached hydrogen (secondary N) is 1. The fourth-order valence-corrected chi connectivity index (χ4v) is 3.16. The molecule has 0 aromatic carbocycles. The van der Waals surface area contributed by atoms with Crippen molar-refractivity contribution < 1.29 is 13.2 Å². The van der Waals surface area contributed by atoms with E-state index in [2.05, 4.69) is 5.32 Å². The molecule has 0 unspecified atom stereocenters. The summed E-state index contributed by atoms with van der Waals surface area (Å²) in [5.41, 5.74) is 0. The van der Waals surface area contributed by atoms with Gasteiger partial charge in [-0.05, 0) is 12.8 Å². The van der Waals surface area contributed by atoms with Gasteiger partial charge in [0.05, 0.1) is 12.3 Å². The van der Waals surface area contributed by atoms with Crippen LogP contribution in [0.1, 0.15) is 12.8 Å². The number of halogens is 1. The number of nitrogens with zero attached hydrogens (tertiary/aromatic N) is 1. The molecule has 1 fully saturated rings. The molecule has 0 bridgehead atoms. The van der Waals surface area contributed by atoms with Crippen LogP contribution in [-0.4, -0.2) is 49.9 Å². The molecule has 0 atom stereocenters. The average Bonchev–Trinajstić information content (AvgIpc) is 2.40. The number of sulfonamides is 1. The minimum Gasteiger partial charge on any atom is -0.355 e. The summed E-state index contributed by atoms with van der Waals surface area (Å²) in [6.07, 6.45) is 1.08. The minimum atomic E-state index is -3.31. The van der Waals surface area contributed by atoms with E-state index in [0.29, 0.717) is 31.8 Å². The third-order valence-corrected chi connectivity index (χ3v) is 4.33. The second kappa shape index (κ2) is 5.67. The lowest BCUT2D eigenvalue weighted by Crippen LogP contribution is -2.38. The SMILES string of the molecule is O=C1CN(S(=O)(=O)CCCCl)CCCN1. The molecule has 0 aliphatic carbocycles. The van der Waals surface area contributed by atoms with E-state index in [4.69, 9.17) is 11.6 Å². The number of carbonyl (C=O) groups is 1. The first-order valence-electron chi connectivity index (χ1n) is 4.87. The highest BCUT2D eigenvalue weighted by Gasteiger charge is 2.25. The van der Waals surface area contributed by atoms with Crippen LogP contribution in [0.15, 0.2) is 0 Å². The predicted octanol–water partition coefficient (Wildman–Crippen LogP) is -0.233. The summed E-state index contributed by atoms with van der Waals surface area (Å²) in [6, 6.07) is 0. The Balaban J connectivity index is 2.63. The Morgan fingerprint density at radius 3 is 2.87 bits per heavy atom. The van der Waals surface area contributed by atoms with Crippen molar-refractivity contribution in [3.05, 3.63) is 0 Å². The molecule has 0 spiro atoms. The summed E-state index contributed by atoms with van der Waals surface area (Å²) < 4.78 is 24.7. The molecular weight excluding hydrogens is 240 g/mol. The lowest BCUT2D eigenvalue weighted by atomic mass is 10.4. The van der Waals surface area contributed by atoms with E-state index >= 15 is 0 Å². The minimum absolute atomic E-state index is 0.0176. The Bertz CT molecular complexity index is 318. The molecule has 5 nitrogen and oxygen atoms in total. The second-order valence-corrected chi connectivity index (χ2v) is 5.86. The van der Waals surface area contributed by atoms with Crippen molar-refractivity contribution in [1.29, 1.82) is 0 Å². The number of rotatable bonds is 4. The average molecular weight is 255 g/mol. The van der Waals surface area contributed by atoms with E-state index in [9.17, 15) is 13.2 Å². The molecule has 1 N–H and O–H groups in total. The monoisotopic (exact) mass is 254 g/mol. The molecule has 0 aromatic heterocycles. The number of hydrogen-bond donors (Lipinski definition) is 1. The number of hydrogen-bond acceptors (Lipinski definition) is 3. The maximum Gasteiger partial charge on any atom is 0.235 e. The normalized spacial score (nSPS) is 19.7. The van der Waals surface area contributed by atoms with Crippen LogP contribution in [0.3, 0.4) is 0 Å². The topological polar surface area (TPSA) is 66.5 Å². The zero-order chi connectivity index (χ0) is 11.3. The third-order valence-electron chi connectivity index (χ3n) is 2.16. The Morgan fingerprint density at radius 1 is 1.47 bits per heavy atom. The van der Waals surface area contributed by atoms with Gasteiger partial charge in [0, 0.05) is 19.0 Å². The van der Waals surface area contributed by atoms with Gasteiger partial charge < -0.3 is 5.32 Å². The van der Waals surface area contributed by atoms with Crippen LogP contribution in [0.5, 0.6) is 0 Å². The van der Waals surface area contributed by atoms with Gasteiger partial charge in [-0.3, -0.25) is 4.79 Å². The zero-order valence-corrected chi connectivity index (χ0v) is 9.98. The standard InChI is InChI=1S/C8H15ClN2O3S/c9-3-1-6-15(13,14)11-5-2-4-10-8(12)7-11/h1-7H2,(H,10,12). The maximum absolute atomic E-state index is 11.7. The van der Waals surface area contributed by atoms with Crippen LogP contribution >= 0.6 is 11.6 Å². The lowest BCUT2D eigenvalue weighted by Gasteiger charge is -2.18.